The minimum Gasteiger partial charge on any atom is -0.493 e. The lowest BCUT2D eigenvalue weighted by Crippen LogP contribution is -2.28. The number of methoxy groups -OCH3 is 2. The Morgan fingerprint density at radius 3 is 2.55 bits per heavy atom. The first-order valence-corrected chi connectivity index (χ1v) is 9.26. The molecule has 0 bridgehead atoms. The quantitative estimate of drug-likeness (QED) is 0.671. The van der Waals surface area contributed by atoms with Crippen molar-refractivity contribution in [3.8, 4) is 22.8 Å². The van der Waals surface area contributed by atoms with Crippen LogP contribution in [0.2, 0.25) is 0 Å². The number of ketones is 1. The maximum atomic E-state index is 12.7. The fourth-order valence-electron chi connectivity index (χ4n) is 3.65. The molecule has 1 aliphatic heterocycles. The van der Waals surface area contributed by atoms with Crippen LogP contribution in [0.15, 0.2) is 47.3 Å². The average molecular weight is 391 g/mol. The number of nitrogens with zero attached hydrogens (tertiary/aromatic N) is 2. The molecule has 0 fully saturated rings. The third-order valence-electron chi connectivity index (χ3n) is 5.07. The second-order valence-corrected chi connectivity index (χ2v) is 6.80. The number of hydrogen-bond donors (Lipinski definition) is 1. The molecule has 0 amide bonds. The smallest absolute Gasteiger partial charge is 0.350 e. The van der Waals surface area contributed by atoms with Gasteiger partial charge in [0.15, 0.2) is 17.3 Å². The van der Waals surface area contributed by atoms with Crippen LogP contribution in [0.1, 0.15) is 22.8 Å². The fraction of sp³-hybridized carbons (Fsp3) is 0.227. The molecule has 1 aliphatic rings. The number of anilines is 2. The van der Waals surface area contributed by atoms with Gasteiger partial charge in [-0.15, -0.1) is 0 Å². The van der Waals surface area contributed by atoms with E-state index in [1.165, 1.54) is 6.92 Å². The van der Waals surface area contributed by atoms with Crippen molar-refractivity contribution in [2.75, 3.05) is 19.5 Å². The van der Waals surface area contributed by atoms with Crippen molar-refractivity contribution in [1.82, 2.24) is 9.55 Å². The van der Waals surface area contributed by atoms with Crippen LogP contribution in [0.25, 0.3) is 11.3 Å². The lowest BCUT2D eigenvalue weighted by molar-refractivity contribution is 0.101. The lowest BCUT2D eigenvalue weighted by atomic mass is 9.97. The molecule has 0 unspecified atom stereocenters. The third-order valence-corrected chi connectivity index (χ3v) is 5.07. The fourth-order valence-corrected chi connectivity index (χ4v) is 3.65. The summed E-state index contributed by atoms with van der Waals surface area (Å²) in [6, 6.07) is 12.8. The Labute approximate surface area is 167 Å². The van der Waals surface area contributed by atoms with E-state index in [4.69, 9.17) is 9.47 Å². The third kappa shape index (κ3) is 3.35. The van der Waals surface area contributed by atoms with E-state index in [0.29, 0.717) is 41.5 Å². The number of hydrogen-bond acceptors (Lipinski definition) is 6. The molecule has 148 valence electrons. The second-order valence-electron chi connectivity index (χ2n) is 6.80. The molecule has 0 saturated carbocycles. The number of carbonyl (C=O) groups is 1. The monoisotopic (exact) mass is 391 g/mol. The standard InChI is InChI=1S/C22H21N3O4/c1-13(26)15-6-4-5-7-17(15)23-21-12-18-16-11-20(29-3)19(28-2)10-14(16)8-9-25(18)22(27)24-21/h4-7,10-12H,8-9H2,1-3H3,(H,23,24,27). The van der Waals surface area contributed by atoms with Gasteiger partial charge in [-0.05, 0) is 43.2 Å². The maximum absolute atomic E-state index is 12.7. The first kappa shape index (κ1) is 18.7. The van der Waals surface area contributed by atoms with Crippen molar-refractivity contribution >= 4 is 17.3 Å². The van der Waals surface area contributed by atoms with Crippen molar-refractivity contribution in [2.24, 2.45) is 0 Å². The molecule has 1 aromatic heterocycles. The summed E-state index contributed by atoms with van der Waals surface area (Å²) in [4.78, 5) is 28.7. The Hall–Kier alpha value is -3.61. The van der Waals surface area contributed by atoms with Crippen LogP contribution in [0.5, 0.6) is 11.5 Å². The van der Waals surface area contributed by atoms with E-state index in [1.54, 1.807) is 37.0 Å². The summed E-state index contributed by atoms with van der Waals surface area (Å²) in [7, 11) is 3.18. The minimum atomic E-state index is -0.342. The highest BCUT2D eigenvalue weighted by Gasteiger charge is 2.22. The second kappa shape index (κ2) is 7.43. The highest BCUT2D eigenvalue weighted by atomic mass is 16.5. The number of benzene rings is 2. The van der Waals surface area contributed by atoms with E-state index in [-0.39, 0.29) is 11.5 Å². The zero-order valence-corrected chi connectivity index (χ0v) is 16.5. The highest BCUT2D eigenvalue weighted by Crippen LogP contribution is 2.38. The Bertz CT molecular complexity index is 1170. The van der Waals surface area contributed by atoms with Crippen LogP contribution in [0.4, 0.5) is 11.5 Å². The van der Waals surface area contributed by atoms with E-state index in [1.807, 2.05) is 24.3 Å². The molecule has 7 nitrogen and oxygen atoms in total. The number of aryl methyl sites for hydroxylation is 1. The number of aromatic nitrogens is 2. The van der Waals surface area contributed by atoms with E-state index < -0.39 is 0 Å². The topological polar surface area (TPSA) is 82.5 Å². The number of carbonyl (C=O) groups excluding carboxylic acids is 1. The highest BCUT2D eigenvalue weighted by molar-refractivity contribution is 6.00. The van der Waals surface area contributed by atoms with Gasteiger partial charge in [0, 0.05) is 23.7 Å². The molecular formula is C22H21N3O4. The summed E-state index contributed by atoms with van der Waals surface area (Å²) in [5, 5.41) is 3.13. The van der Waals surface area contributed by atoms with Crippen LogP contribution >= 0.6 is 0 Å². The van der Waals surface area contributed by atoms with E-state index >= 15 is 0 Å². The summed E-state index contributed by atoms with van der Waals surface area (Å²) in [5.41, 5.74) is 3.53. The summed E-state index contributed by atoms with van der Waals surface area (Å²) >= 11 is 0. The molecule has 7 heteroatoms. The molecular weight excluding hydrogens is 370 g/mol. The normalized spacial score (nSPS) is 12.0. The molecule has 4 rings (SSSR count). The van der Waals surface area contributed by atoms with Crippen molar-refractivity contribution in [1.29, 1.82) is 0 Å². The minimum absolute atomic E-state index is 0.0649. The lowest BCUT2D eigenvalue weighted by Gasteiger charge is -2.23. The molecule has 0 atom stereocenters. The number of fused-ring (bicyclic) bond motifs is 3. The summed E-state index contributed by atoms with van der Waals surface area (Å²) in [5.74, 6) is 1.58. The van der Waals surface area contributed by atoms with Crippen molar-refractivity contribution in [3.05, 3.63) is 64.1 Å². The van der Waals surface area contributed by atoms with Gasteiger partial charge in [-0.1, -0.05) is 12.1 Å². The summed E-state index contributed by atoms with van der Waals surface area (Å²) in [6.45, 7) is 2.04. The largest absolute Gasteiger partial charge is 0.493 e. The van der Waals surface area contributed by atoms with Crippen LogP contribution < -0.4 is 20.5 Å². The van der Waals surface area contributed by atoms with E-state index in [2.05, 4.69) is 10.3 Å². The van der Waals surface area contributed by atoms with Gasteiger partial charge < -0.3 is 14.8 Å². The zero-order valence-electron chi connectivity index (χ0n) is 16.5. The maximum Gasteiger partial charge on any atom is 0.350 e. The Kier molecular flexibility index (Phi) is 4.80. The number of rotatable bonds is 5. The Morgan fingerprint density at radius 2 is 1.83 bits per heavy atom. The van der Waals surface area contributed by atoms with Crippen molar-refractivity contribution in [2.45, 2.75) is 19.9 Å². The first-order chi connectivity index (χ1) is 14.0. The van der Waals surface area contributed by atoms with Crippen molar-refractivity contribution in [3.63, 3.8) is 0 Å². The zero-order chi connectivity index (χ0) is 20.5. The Balaban J connectivity index is 1.83. The molecule has 29 heavy (non-hydrogen) atoms. The predicted molar refractivity (Wildman–Crippen MR) is 110 cm³/mol. The number of nitrogens with one attached hydrogen (secondary N) is 1. The summed E-state index contributed by atoms with van der Waals surface area (Å²) < 4.78 is 12.5. The number of ether oxygens (including phenoxy) is 2. The molecule has 0 radical (unpaired) electrons. The van der Waals surface area contributed by atoms with Gasteiger partial charge in [0.1, 0.15) is 5.82 Å². The van der Waals surface area contributed by atoms with E-state index in [0.717, 1.165) is 16.8 Å². The van der Waals surface area contributed by atoms with E-state index in [9.17, 15) is 9.59 Å². The van der Waals surface area contributed by atoms with Crippen LogP contribution in [0.3, 0.4) is 0 Å². The molecule has 0 aliphatic carbocycles. The average Bonchev–Trinajstić information content (AvgIpc) is 2.72. The number of para-hydroxylation sites is 1. The molecule has 1 N–H and O–H groups in total. The summed E-state index contributed by atoms with van der Waals surface area (Å²) in [6.07, 6.45) is 0.699. The van der Waals surface area contributed by atoms with Gasteiger partial charge in [0.25, 0.3) is 0 Å². The van der Waals surface area contributed by atoms with Gasteiger partial charge in [-0.25, -0.2) is 4.79 Å². The van der Waals surface area contributed by atoms with Crippen LogP contribution in [-0.4, -0.2) is 29.6 Å². The van der Waals surface area contributed by atoms with Gasteiger partial charge in [0.2, 0.25) is 0 Å². The molecule has 2 heterocycles. The first-order valence-electron chi connectivity index (χ1n) is 9.26. The molecule has 0 saturated heterocycles. The molecule has 0 spiro atoms. The SMILES string of the molecule is COc1cc2c(cc1OC)-c1cc(Nc3ccccc3C(C)=O)nc(=O)n1CC2. The van der Waals surface area contributed by atoms with Gasteiger partial charge in [-0.3, -0.25) is 9.36 Å². The van der Waals surface area contributed by atoms with Gasteiger partial charge in [-0.2, -0.15) is 4.98 Å². The van der Waals surface area contributed by atoms with Crippen LogP contribution in [-0.2, 0) is 13.0 Å². The van der Waals surface area contributed by atoms with Crippen molar-refractivity contribution < 1.29 is 14.3 Å². The van der Waals surface area contributed by atoms with Gasteiger partial charge in [0.05, 0.1) is 25.6 Å². The van der Waals surface area contributed by atoms with Crippen LogP contribution in [0, 0.1) is 0 Å². The molecule has 3 aromatic rings. The Morgan fingerprint density at radius 1 is 1.10 bits per heavy atom. The molecule has 2 aromatic carbocycles. The number of Topliss-reactive ketones (excluding diaryl/α,β-unsaturated/α-hetero) is 1. The van der Waals surface area contributed by atoms with Gasteiger partial charge >= 0.3 is 5.69 Å². The predicted octanol–water partition coefficient (Wildman–Crippen LogP) is 3.43.